The molecule has 3 saturated carbocycles. The Bertz CT molecular complexity index is 759. The van der Waals surface area contributed by atoms with E-state index in [2.05, 4.69) is 79.2 Å². The summed E-state index contributed by atoms with van der Waals surface area (Å²) < 4.78 is 0. The summed E-state index contributed by atoms with van der Waals surface area (Å²) in [4.78, 5) is 0. The van der Waals surface area contributed by atoms with Crippen molar-refractivity contribution < 1.29 is 0 Å². The van der Waals surface area contributed by atoms with E-state index in [0.717, 1.165) is 6.42 Å². The van der Waals surface area contributed by atoms with Gasteiger partial charge in [-0.3, -0.25) is 0 Å². The van der Waals surface area contributed by atoms with Crippen LogP contribution in [0.4, 0.5) is 0 Å². The monoisotopic (exact) mass is 511 g/mol. The largest absolute Gasteiger partial charge is 0.103 e. The third-order valence-electron chi connectivity index (χ3n) is 9.11. The van der Waals surface area contributed by atoms with Crippen LogP contribution in [0.1, 0.15) is 128 Å². The van der Waals surface area contributed by atoms with Gasteiger partial charge < -0.3 is 0 Å². The lowest BCUT2D eigenvalue weighted by molar-refractivity contribution is -0.0794. The van der Waals surface area contributed by atoms with Gasteiger partial charge in [0.25, 0.3) is 0 Å². The molecule has 0 aromatic carbocycles. The van der Waals surface area contributed by atoms with Crippen molar-refractivity contribution in [1.82, 2.24) is 0 Å². The molecule has 0 aliphatic heterocycles. The molecule has 37 heavy (non-hydrogen) atoms. The molecule has 0 aromatic heterocycles. The quantitative estimate of drug-likeness (QED) is 0.260. The Morgan fingerprint density at radius 3 is 1.95 bits per heavy atom. The van der Waals surface area contributed by atoms with Gasteiger partial charge in [-0.25, -0.2) is 0 Å². The average Bonchev–Trinajstić information content (AvgIpc) is 2.90. The van der Waals surface area contributed by atoms with Crippen LogP contribution in [0.25, 0.3) is 0 Å². The zero-order valence-electron chi connectivity index (χ0n) is 27.4. The minimum Gasteiger partial charge on any atom is -0.103 e. The maximum absolute atomic E-state index is 4.68. The third kappa shape index (κ3) is 9.01. The molecular weight excluding hydrogens is 444 g/mol. The summed E-state index contributed by atoms with van der Waals surface area (Å²) in [6.45, 7) is 42.3. The molecule has 0 nitrogen and oxygen atoms in total. The molecule has 0 spiro atoms. The lowest BCUT2D eigenvalue weighted by Gasteiger charge is -2.64. The second-order valence-electron chi connectivity index (χ2n) is 11.0. The number of allylic oxidation sites excluding steroid dienone is 8. The van der Waals surface area contributed by atoms with E-state index >= 15 is 0 Å². The molecule has 0 radical (unpaired) electrons. The van der Waals surface area contributed by atoms with Gasteiger partial charge in [0.05, 0.1) is 0 Å². The molecule has 6 unspecified atom stereocenters. The molecular formula is C37H66. The summed E-state index contributed by atoms with van der Waals surface area (Å²) in [7, 11) is 0. The van der Waals surface area contributed by atoms with Crippen LogP contribution in [0.2, 0.25) is 0 Å². The topological polar surface area (TPSA) is 0 Å². The van der Waals surface area contributed by atoms with Crippen molar-refractivity contribution >= 4 is 0 Å². The minimum atomic E-state index is 0.268. The summed E-state index contributed by atoms with van der Waals surface area (Å²) in [5, 5.41) is 0. The SMILES string of the molecule is C=C1CC(C(/C=C\C)=C/C)CC2C1CCC1(C)CCC(C)C(=C)C21C.C=CCC(=C)C.CC.CC.CC. The molecule has 3 fully saturated rings. The highest BCUT2D eigenvalue weighted by atomic mass is 14.6. The van der Waals surface area contributed by atoms with Crippen molar-refractivity contribution in [2.45, 2.75) is 128 Å². The molecule has 214 valence electrons. The zero-order valence-corrected chi connectivity index (χ0v) is 27.4. The van der Waals surface area contributed by atoms with Crippen LogP contribution in [-0.2, 0) is 0 Å². The highest BCUT2D eigenvalue weighted by molar-refractivity contribution is 5.32. The van der Waals surface area contributed by atoms with Gasteiger partial charge in [0.15, 0.2) is 0 Å². The molecule has 0 amide bonds. The molecule has 0 heteroatoms. The van der Waals surface area contributed by atoms with Gasteiger partial charge in [-0.1, -0.05) is 123 Å². The summed E-state index contributed by atoms with van der Waals surface area (Å²) in [5.74, 6) is 2.73. The lowest BCUT2D eigenvalue weighted by atomic mass is 9.40. The Hall–Kier alpha value is -1.56. The first kappa shape index (κ1) is 37.6. The van der Waals surface area contributed by atoms with E-state index < -0.39 is 0 Å². The average molecular weight is 511 g/mol. The second-order valence-corrected chi connectivity index (χ2v) is 11.0. The maximum atomic E-state index is 4.68. The normalized spacial score (nSPS) is 32.4. The predicted molar refractivity (Wildman–Crippen MR) is 174 cm³/mol. The van der Waals surface area contributed by atoms with Crippen molar-refractivity contribution in [2.75, 3.05) is 0 Å². The number of rotatable bonds is 4. The first-order chi connectivity index (χ1) is 17.6. The molecule has 6 atom stereocenters. The Labute approximate surface area is 235 Å². The van der Waals surface area contributed by atoms with E-state index in [-0.39, 0.29) is 5.41 Å². The fourth-order valence-electron chi connectivity index (χ4n) is 6.92. The number of hydrogen-bond acceptors (Lipinski definition) is 0. The fraction of sp³-hybridized carbons (Fsp3) is 0.676. The second kappa shape index (κ2) is 18.7. The van der Waals surface area contributed by atoms with E-state index in [1.165, 1.54) is 60.8 Å². The van der Waals surface area contributed by atoms with Gasteiger partial charge in [0.1, 0.15) is 0 Å². The Morgan fingerprint density at radius 2 is 1.51 bits per heavy atom. The van der Waals surface area contributed by atoms with E-state index in [0.29, 0.717) is 29.1 Å². The van der Waals surface area contributed by atoms with Crippen LogP contribution in [0.5, 0.6) is 0 Å². The summed E-state index contributed by atoms with van der Waals surface area (Å²) in [5.41, 5.74) is 6.43. The van der Waals surface area contributed by atoms with Crippen molar-refractivity contribution in [3.8, 4) is 0 Å². The highest BCUT2D eigenvalue weighted by Crippen LogP contribution is 2.68. The van der Waals surface area contributed by atoms with E-state index in [4.69, 9.17) is 0 Å². The zero-order chi connectivity index (χ0) is 29.4. The maximum Gasteiger partial charge on any atom is -0.00285 e. The molecule has 0 bridgehead atoms. The van der Waals surface area contributed by atoms with E-state index in [1.807, 2.05) is 54.5 Å². The van der Waals surface area contributed by atoms with Crippen LogP contribution in [0.3, 0.4) is 0 Å². The van der Waals surface area contributed by atoms with Crippen LogP contribution in [0, 0.1) is 34.5 Å². The fourth-order valence-corrected chi connectivity index (χ4v) is 6.92. The summed E-state index contributed by atoms with van der Waals surface area (Å²) in [6, 6.07) is 0. The van der Waals surface area contributed by atoms with Crippen molar-refractivity contribution in [3.05, 3.63) is 72.9 Å². The van der Waals surface area contributed by atoms with Crippen LogP contribution in [-0.4, -0.2) is 0 Å². The van der Waals surface area contributed by atoms with Crippen LogP contribution < -0.4 is 0 Å². The minimum absolute atomic E-state index is 0.268. The molecule has 3 aliphatic rings. The summed E-state index contributed by atoms with van der Waals surface area (Å²) in [6.07, 6.45) is 17.5. The van der Waals surface area contributed by atoms with Gasteiger partial charge in [0.2, 0.25) is 0 Å². The molecule has 0 saturated heterocycles. The number of hydrogen-bond donors (Lipinski definition) is 0. The van der Waals surface area contributed by atoms with Crippen LogP contribution >= 0.6 is 0 Å². The van der Waals surface area contributed by atoms with Crippen molar-refractivity contribution in [1.29, 1.82) is 0 Å². The van der Waals surface area contributed by atoms with Gasteiger partial charge in [0, 0.05) is 0 Å². The Kier molecular flexibility index (Phi) is 18.9. The first-order valence-corrected chi connectivity index (χ1v) is 15.5. The lowest BCUT2D eigenvalue weighted by Crippen LogP contribution is -2.56. The van der Waals surface area contributed by atoms with Crippen molar-refractivity contribution in [2.24, 2.45) is 34.5 Å². The van der Waals surface area contributed by atoms with Gasteiger partial charge in [-0.05, 0) is 106 Å². The molecule has 0 heterocycles. The first-order valence-electron chi connectivity index (χ1n) is 15.5. The number of fused-ring (bicyclic) bond motifs is 3. The Balaban J connectivity index is 0. The molecule has 0 N–H and O–H groups in total. The van der Waals surface area contributed by atoms with E-state index in [1.54, 1.807) is 0 Å². The standard InChI is InChI=1S/C25H38.C6H10.3C2H6/c1-8-10-20(9-2)21-15-18(4)22-12-14-24(6)13-11-17(3)19(5)25(24,7)23(22)16-21;1-4-5-6(2)3;3*1-2/h8-10,17,21-23H,4-5,11-16H2,1-3,6-7H3;4H,1-2,5H2,3H3;3*1-2H3/b10-8-,20-9+;;;;. The van der Waals surface area contributed by atoms with Crippen LogP contribution in [0.15, 0.2) is 72.9 Å². The highest BCUT2D eigenvalue weighted by Gasteiger charge is 2.59. The molecule has 0 aromatic rings. The third-order valence-corrected chi connectivity index (χ3v) is 9.11. The summed E-state index contributed by atoms with van der Waals surface area (Å²) >= 11 is 0. The smallest absolute Gasteiger partial charge is 0.00285 e. The Morgan fingerprint density at radius 1 is 0.973 bits per heavy atom. The van der Waals surface area contributed by atoms with E-state index in [9.17, 15) is 0 Å². The molecule has 3 rings (SSSR count). The van der Waals surface area contributed by atoms with Crippen molar-refractivity contribution in [3.63, 3.8) is 0 Å². The predicted octanol–water partition coefficient (Wildman–Crippen LogP) is 12.7. The molecule has 3 aliphatic carbocycles. The van der Waals surface area contributed by atoms with Gasteiger partial charge >= 0.3 is 0 Å². The van der Waals surface area contributed by atoms with Gasteiger partial charge in [-0.2, -0.15) is 0 Å². The van der Waals surface area contributed by atoms with Gasteiger partial charge in [-0.15, -0.1) is 6.58 Å².